The number of carbonyl (C=O) groups is 3. The van der Waals surface area contributed by atoms with Crippen LogP contribution in [0.2, 0.25) is 15.1 Å². The Labute approximate surface area is 520 Å². The van der Waals surface area contributed by atoms with E-state index in [-0.39, 0.29) is 67.1 Å². The molecule has 0 radical (unpaired) electrons. The van der Waals surface area contributed by atoms with Gasteiger partial charge >= 0.3 is 24.3 Å². The van der Waals surface area contributed by atoms with E-state index in [0.29, 0.717) is 72.2 Å². The predicted octanol–water partition coefficient (Wildman–Crippen LogP) is 12.4. The van der Waals surface area contributed by atoms with Gasteiger partial charge in [0.1, 0.15) is 23.2 Å². The molecule has 6 amide bonds. The summed E-state index contributed by atoms with van der Waals surface area (Å²) < 4.78 is 45.3. The zero-order chi connectivity index (χ0) is 62.6. The molecular weight excluding hydrogens is 1200 g/mol. The van der Waals surface area contributed by atoms with Crippen molar-refractivity contribution >= 4 is 121 Å². The third kappa shape index (κ3) is 14.4. The molecule has 3 atom stereocenters. The van der Waals surface area contributed by atoms with Gasteiger partial charge in [-0.05, 0) is 111 Å². The van der Waals surface area contributed by atoms with Crippen LogP contribution in [-0.4, -0.2) is 162 Å². The summed E-state index contributed by atoms with van der Waals surface area (Å²) in [6.07, 6.45) is 0.302. The van der Waals surface area contributed by atoms with Crippen LogP contribution in [0.15, 0.2) is 110 Å². The van der Waals surface area contributed by atoms with Crippen LogP contribution in [0.4, 0.5) is 62.9 Å². The average Bonchev–Trinajstić information content (AvgIpc) is 3.55. The van der Waals surface area contributed by atoms with Crippen molar-refractivity contribution < 1.29 is 32.3 Å². The number of hydrogen-bond donors (Lipinski definition) is 6. The number of methoxy groups -OCH3 is 1. The number of pyridine rings is 3. The number of rotatable bonds is 7. The van der Waals surface area contributed by atoms with Gasteiger partial charge in [0.15, 0.2) is 0 Å². The lowest BCUT2D eigenvalue weighted by molar-refractivity contribution is -0.137. The second-order valence-electron chi connectivity index (χ2n) is 22.5. The van der Waals surface area contributed by atoms with Gasteiger partial charge in [0.25, 0.3) is 0 Å². The van der Waals surface area contributed by atoms with Crippen molar-refractivity contribution in [3.63, 3.8) is 0 Å². The number of amides is 6. The van der Waals surface area contributed by atoms with E-state index in [0.717, 1.165) is 62.1 Å². The molecule has 9 heterocycles. The molecule has 3 aliphatic heterocycles. The molecule has 0 unspecified atom stereocenters. The standard InChI is InChI=1S/C23H27F3N6O.C19H21ClN6O2.C18H18Cl2N6O/c1-14-13-31(19-16(23(24,25)26)6-5-9-27-19)10-11-32(14)21(33)30-20-28-17-8-7-15(22(2,3)4)12-18(17)29-20;1-12-11-25(17-14(20)4-3-7-21-17)8-9-26(12)19(27)24-18-22-15-6-5-13(28-2)10-16(15)23-18;1-11-10-25(16-13(20)3-2-6-21-16)7-8-26(11)18(27)24-17-22-14-5-4-12(19)9-15(14)23-17/h5-9,12,14H,10-11,13H2,1-4H3,(H2,28,29,30,33);3-7,10,12H,8-9,11H2,1-2H3,(H2,22,23,24,27);2-6,9,11H,7-8,10H2,1H3,(H2,22,23,24,27)/t14-;12-;11-/m111/s1. The first-order chi connectivity index (χ1) is 42.0. The van der Waals surface area contributed by atoms with Crippen LogP contribution in [0, 0.1) is 0 Å². The highest BCUT2D eigenvalue weighted by molar-refractivity contribution is 6.33. The number of nitrogens with one attached hydrogen (secondary N) is 6. The first-order valence-electron chi connectivity index (χ1n) is 28.4. The van der Waals surface area contributed by atoms with Crippen molar-refractivity contribution in [1.82, 2.24) is 59.6 Å². The second kappa shape index (κ2) is 26.3. The Kier molecular flexibility index (Phi) is 18.6. The zero-order valence-electron chi connectivity index (χ0n) is 49.3. The third-order valence-corrected chi connectivity index (χ3v) is 16.1. The van der Waals surface area contributed by atoms with Crippen molar-refractivity contribution in [2.75, 3.05) is 96.7 Å². The highest BCUT2D eigenvalue weighted by atomic mass is 35.5. The Morgan fingerprint density at radius 2 is 0.932 bits per heavy atom. The number of carbonyl (C=O) groups excluding carboxylic acids is 3. The van der Waals surface area contributed by atoms with Crippen LogP contribution < -0.4 is 35.4 Å². The molecule has 3 fully saturated rings. The summed E-state index contributed by atoms with van der Waals surface area (Å²) >= 11 is 18.5. The minimum absolute atomic E-state index is 0.00343. The minimum Gasteiger partial charge on any atom is -0.497 e. The lowest BCUT2D eigenvalue weighted by Gasteiger charge is -2.40. The quantitative estimate of drug-likeness (QED) is 0.0871. The van der Waals surface area contributed by atoms with Crippen LogP contribution in [0.3, 0.4) is 0 Å². The summed E-state index contributed by atoms with van der Waals surface area (Å²) in [7, 11) is 1.61. The van der Waals surface area contributed by atoms with E-state index in [9.17, 15) is 27.6 Å². The van der Waals surface area contributed by atoms with E-state index >= 15 is 0 Å². The number of urea groups is 3. The Hall–Kier alpha value is -8.81. The number of ether oxygens (including phenoxy) is 1. The number of benzene rings is 3. The molecule has 0 bridgehead atoms. The monoisotopic (exact) mass is 1260 g/mol. The first kappa shape index (κ1) is 62.2. The molecule has 12 rings (SSSR count). The number of halogens is 6. The topological polar surface area (TPSA) is 241 Å². The van der Waals surface area contributed by atoms with Gasteiger partial charge in [0, 0.05) is 107 Å². The summed E-state index contributed by atoms with van der Waals surface area (Å²) in [6.45, 7) is 16.7. The highest BCUT2D eigenvalue weighted by Crippen LogP contribution is 2.36. The second-order valence-corrected chi connectivity index (χ2v) is 23.8. The van der Waals surface area contributed by atoms with E-state index in [1.54, 1.807) is 64.2 Å². The number of anilines is 6. The summed E-state index contributed by atoms with van der Waals surface area (Å²) in [4.78, 5) is 84.5. The molecule has 3 saturated heterocycles. The van der Waals surface area contributed by atoms with Crippen molar-refractivity contribution in [1.29, 1.82) is 0 Å². The summed E-state index contributed by atoms with van der Waals surface area (Å²) in [5.41, 5.74) is 5.02. The average molecular weight is 1270 g/mol. The lowest BCUT2D eigenvalue weighted by atomic mass is 9.87. The molecule has 462 valence electrons. The SMILES string of the molecule is COc1ccc2nc(NC(=O)N3CCN(c4ncccc4Cl)C[C@H]3C)[nH]c2c1.C[C@@H]1CN(c2ncccc2C(F)(F)F)CCN1C(=O)Nc1nc2ccc(C(C)(C)C)cc2[nH]1.C[C@@H]1CN(c2ncccc2Cl)CCN1C(=O)Nc1nc2ccc(Cl)cc2[nH]1. The Morgan fingerprint density at radius 1 is 0.534 bits per heavy atom. The Morgan fingerprint density at radius 3 is 1.35 bits per heavy atom. The van der Waals surface area contributed by atoms with Gasteiger partial charge in [-0.2, -0.15) is 13.2 Å². The fourth-order valence-electron chi connectivity index (χ4n) is 10.7. The number of H-pyrrole nitrogens is 3. The molecule has 3 aliphatic rings. The normalized spacial score (nSPS) is 17.3. The maximum Gasteiger partial charge on any atom is 0.419 e. The number of alkyl halides is 3. The number of hydrogen-bond acceptors (Lipinski definition) is 13. The van der Waals surface area contributed by atoms with E-state index < -0.39 is 11.7 Å². The number of aromatic amines is 3. The van der Waals surface area contributed by atoms with Crippen molar-refractivity contribution in [2.24, 2.45) is 0 Å². The molecular formula is C60H66Cl3F3N18O4. The van der Waals surface area contributed by atoms with Crippen LogP contribution in [0.1, 0.15) is 52.7 Å². The fourth-order valence-corrected chi connectivity index (χ4v) is 11.4. The largest absolute Gasteiger partial charge is 0.497 e. The highest BCUT2D eigenvalue weighted by Gasteiger charge is 2.38. The van der Waals surface area contributed by atoms with Gasteiger partial charge in [0.05, 0.1) is 55.8 Å². The van der Waals surface area contributed by atoms with Gasteiger partial charge in [0.2, 0.25) is 17.8 Å². The molecule has 28 heteroatoms. The number of imidazole rings is 3. The number of nitrogens with zero attached hydrogens (tertiary/aromatic N) is 12. The summed E-state index contributed by atoms with van der Waals surface area (Å²) in [5, 5.41) is 10.3. The van der Waals surface area contributed by atoms with Gasteiger partial charge < -0.3 is 49.1 Å². The fraction of sp³-hybridized carbons (Fsp3) is 0.350. The Balaban J connectivity index is 0.000000147. The number of fused-ring (bicyclic) bond motifs is 3. The summed E-state index contributed by atoms with van der Waals surface area (Å²) in [6, 6.07) is 25.3. The molecule has 88 heavy (non-hydrogen) atoms. The maximum atomic E-state index is 13.4. The van der Waals surface area contributed by atoms with Crippen molar-refractivity contribution in [2.45, 2.75) is 71.3 Å². The first-order valence-corrected chi connectivity index (χ1v) is 29.5. The van der Waals surface area contributed by atoms with E-state index in [4.69, 9.17) is 39.5 Å². The van der Waals surface area contributed by atoms with E-state index in [2.05, 4.69) is 91.4 Å². The maximum absolute atomic E-state index is 13.4. The minimum atomic E-state index is -4.49. The van der Waals surface area contributed by atoms with Crippen LogP contribution in [0.5, 0.6) is 5.75 Å². The molecule has 6 N–H and O–H groups in total. The van der Waals surface area contributed by atoms with Crippen molar-refractivity contribution in [3.8, 4) is 5.75 Å². The summed E-state index contributed by atoms with van der Waals surface area (Å²) in [5.74, 6) is 3.27. The molecule has 22 nitrogen and oxygen atoms in total. The number of piperazine rings is 3. The molecule has 0 aliphatic carbocycles. The molecule has 9 aromatic rings. The van der Waals surface area contributed by atoms with E-state index in [1.165, 1.54) is 12.3 Å². The van der Waals surface area contributed by atoms with Crippen molar-refractivity contribution in [3.05, 3.63) is 136 Å². The third-order valence-electron chi connectivity index (χ3n) is 15.3. The smallest absolute Gasteiger partial charge is 0.419 e. The molecule has 0 spiro atoms. The predicted molar refractivity (Wildman–Crippen MR) is 338 cm³/mol. The molecule has 3 aromatic carbocycles. The van der Waals surface area contributed by atoms with Crippen LogP contribution >= 0.6 is 34.8 Å². The van der Waals surface area contributed by atoms with Gasteiger partial charge in [-0.25, -0.2) is 44.3 Å². The van der Waals surface area contributed by atoms with Gasteiger partial charge in [-0.1, -0.05) is 61.6 Å². The van der Waals surface area contributed by atoms with Gasteiger partial charge in [-0.15, -0.1) is 0 Å². The zero-order valence-corrected chi connectivity index (χ0v) is 51.5. The van der Waals surface area contributed by atoms with Crippen LogP contribution in [-0.2, 0) is 11.6 Å². The van der Waals surface area contributed by atoms with Crippen LogP contribution in [0.25, 0.3) is 33.1 Å². The van der Waals surface area contributed by atoms with E-state index in [1.807, 2.05) is 74.5 Å². The van der Waals surface area contributed by atoms with Gasteiger partial charge in [-0.3, -0.25) is 16.0 Å². The lowest BCUT2D eigenvalue weighted by Crippen LogP contribution is -2.55. The molecule has 0 saturated carbocycles. The number of aromatic nitrogens is 9. The Bertz CT molecular complexity index is 3970. The molecule has 6 aromatic heterocycles.